The molecule has 0 spiro atoms. The van der Waals surface area contributed by atoms with Crippen LogP contribution < -0.4 is 10.5 Å². The standard InChI is InChI=1S/C14H21NO3.BrH/c1-10(2)8-9-18-14(16)13(15)11-4-6-12(17-3)7-5-11;/h4-7,10,13H,8-9,15H2,1-3H3;1H/t13-;/m0./s1. The van der Waals surface area contributed by atoms with Gasteiger partial charge in [0.15, 0.2) is 0 Å². The van der Waals surface area contributed by atoms with Crippen LogP contribution in [0.25, 0.3) is 0 Å². The lowest BCUT2D eigenvalue weighted by molar-refractivity contribution is -0.145. The summed E-state index contributed by atoms with van der Waals surface area (Å²) in [5, 5.41) is 0. The summed E-state index contributed by atoms with van der Waals surface area (Å²) < 4.78 is 10.2. The normalized spacial score (nSPS) is 11.6. The Morgan fingerprint density at radius 2 is 1.84 bits per heavy atom. The maximum absolute atomic E-state index is 11.7. The second-order valence-electron chi connectivity index (χ2n) is 4.60. The van der Waals surface area contributed by atoms with E-state index >= 15 is 0 Å². The Kier molecular flexibility index (Phi) is 8.43. The van der Waals surface area contributed by atoms with E-state index in [-0.39, 0.29) is 23.0 Å². The number of carbonyl (C=O) groups excluding carboxylic acids is 1. The first-order valence-electron chi connectivity index (χ1n) is 6.10. The van der Waals surface area contributed by atoms with Crippen molar-refractivity contribution in [2.75, 3.05) is 13.7 Å². The molecule has 19 heavy (non-hydrogen) atoms. The maximum atomic E-state index is 11.7. The summed E-state index contributed by atoms with van der Waals surface area (Å²) in [6, 6.07) is 6.36. The molecule has 0 aliphatic heterocycles. The van der Waals surface area contributed by atoms with Gasteiger partial charge in [-0.3, -0.25) is 0 Å². The van der Waals surface area contributed by atoms with E-state index in [9.17, 15) is 4.79 Å². The van der Waals surface area contributed by atoms with Crippen LogP contribution in [0, 0.1) is 5.92 Å². The van der Waals surface area contributed by atoms with Crippen LogP contribution >= 0.6 is 17.0 Å². The number of methoxy groups -OCH3 is 1. The molecule has 1 rings (SSSR count). The van der Waals surface area contributed by atoms with Crippen LogP contribution in [0.3, 0.4) is 0 Å². The Morgan fingerprint density at radius 1 is 1.26 bits per heavy atom. The summed E-state index contributed by atoms with van der Waals surface area (Å²) in [4.78, 5) is 11.7. The summed E-state index contributed by atoms with van der Waals surface area (Å²) >= 11 is 0. The Labute approximate surface area is 125 Å². The molecule has 1 atom stereocenters. The van der Waals surface area contributed by atoms with Crippen molar-refractivity contribution in [3.8, 4) is 5.75 Å². The quantitative estimate of drug-likeness (QED) is 0.814. The first-order valence-corrected chi connectivity index (χ1v) is 6.10. The minimum atomic E-state index is -0.733. The summed E-state index contributed by atoms with van der Waals surface area (Å²) in [6.45, 7) is 4.58. The number of nitrogens with two attached hydrogens (primary N) is 1. The molecular weight excluding hydrogens is 310 g/mol. The van der Waals surface area contributed by atoms with Gasteiger partial charge in [-0.2, -0.15) is 0 Å². The number of carbonyl (C=O) groups is 1. The lowest BCUT2D eigenvalue weighted by Crippen LogP contribution is -2.24. The summed E-state index contributed by atoms with van der Waals surface area (Å²) in [6.07, 6.45) is 0.848. The molecule has 1 aromatic rings. The Bertz CT molecular complexity index is 379. The number of ether oxygens (including phenoxy) is 2. The van der Waals surface area contributed by atoms with E-state index in [1.54, 1.807) is 31.4 Å². The molecule has 2 N–H and O–H groups in total. The lowest BCUT2D eigenvalue weighted by Gasteiger charge is -2.13. The number of rotatable bonds is 6. The topological polar surface area (TPSA) is 61.5 Å². The van der Waals surface area contributed by atoms with Gasteiger partial charge in [-0.1, -0.05) is 26.0 Å². The monoisotopic (exact) mass is 331 g/mol. The number of hydrogen-bond donors (Lipinski definition) is 1. The van der Waals surface area contributed by atoms with Gasteiger partial charge in [0.1, 0.15) is 11.8 Å². The third-order valence-electron chi connectivity index (χ3n) is 2.67. The highest BCUT2D eigenvalue weighted by Crippen LogP contribution is 2.17. The SMILES string of the molecule is Br.COc1ccc([C@H](N)C(=O)OCCC(C)C)cc1. The van der Waals surface area contributed by atoms with Crippen molar-refractivity contribution >= 4 is 23.0 Å². The first kappa shape index (κ1) is 17.9. The zero-order valence-corrected chi connectivity index (χ0v) is 13.3. The molecule has 0 radical (unpaired) electrons. The average molecular weight is 332 g/mol. The van der Waals surface area contributed by atoms with Gasteiger partial charge >= 0.3 is 5.97 Å². The Hall–Kier alpha value is -1.07. The molecular formula is C14H22BrNO3. The number of benzene rings is 1. The Morgan fingerprint density at radius 3 is 2.32 bits per heavy atom. The first-order chi connectivity index (χ1) is 8.54. The molecule has 5 heteroatoms. The van der Waals surface area contributed by atoms with Crippen molar-refractivity contribution in [3.05, 3.63) is 29.8 Å². The highest BCUT2D eigenvalue weighted by atomic mass is 79.9. The van der Waals surface area contributed by atoms with Crippen LogP contribution in [-0.2, 0) is 9.53 Å². The number of hydrogen-bond acceptors (Lipinski definition) is 4. The molecule has 1 aromatic carbocycles. The molecule has 0 saturated heterocycles. The molecule has 0 aliphatic carbocycles. The van der Waals surface area contributed by atoms with Crippen LogP contribution in [0.4, 0.5) is 0 Å². The van der Waals surface area contributed by atoms with E-state index < -0.39 is 6.04 Å². The number of halogens is 1. The van der Waals surface area contributed by atoms with Crippen LogP contribution in [0.2, 0.25) is 0 Å². The molecule has 0 amide bonds. The van der Waals surface area contributed by atoms with E-state index in [4.69, 9.17) is 15.2 Å². The average Bonchev–Trinajstić information content (AvgIpc) is 2.37. The van der Waals surface area contributed by atoms with Gasteiger partial charge in [-0.25, -0.2) is 4.79 Å². The lowest BCUT2D eigenvalue weighted by atomic mass is 10.1. The fourth-order valence-corrected chi connectivity index (χ4v) is 1.43. The molecule has 0 aromatic heterocycles. The van der Waals surface area contributed by atoms with Crippen molar-refractivity contribution in [1.82, 2.24) is 0 Å². The third-order valence-corrected chi connectivity index (χ3v) is 2.67. The zero-order chi connectivity index (χ0) is 13.5. The van der Waals surface area contributed by atoms with Crippen molar-refractivity contribution in [1.29, 1.82) is 0 Å². The van der Waals surface area contributed by atoms with E-state index in [1.165, 1.54) is 0 Å². The van der Waals surface area contributed by atoms with Gasteiger partial charge in [-0.05, 0) is 30.0 Å². The highest BCUT2D eigenvalue weighted by Gasteiger charge is 2.17. The Balaban J connectivity index is 0.00000324. The zero-order valence-electron chi connectivity index (χ0n) is 11.6. The summed E-state index contributed by atoms with van der Waals surface area (Å²) in [7, 11) is 1.59. The largest absolute Gasteiger partial charge is 0.497 e. The van der Waals surface area contributed by atoms with Gasteiger partial charge < -0.3 is 15.2 Å². The summed E-state index contributed by atoms with van der Waals surface area (Å²) in [5.41, 5.74) is 6.56. The molecule has 4 nitrogen and oxygen atoms in total. The minimum absolute atomic E-state index is 0. The smallest absolute Gasteiger partial charge is 0.327 e. The van der Waals surface area contributed by atoms with Gasteiger partial charge in [0.25, 0.3) is 0 Å². The molecule has 108 valence electrons. The van der Waals surface area contributed by atoms with Crippen molar-refractivity contribution < 1.29 is 14.3 Å². The van der Waals surface area contributed by atoms with Gasteiger partial charge in [0.2, 0.25) is 0 Å². The van der Waals surface area contributed by atoms with Crippen molar-refractivity contribution in [2.24, 2.45) is 11.7 Å². The molecule has 0 aliphatic rings. The summed E-state index contributed by atoms with van der Waals surface area (Å²) in [5.74, 6) is 0.856. The second-order valence-corrected chi connectivity index (χ2v) is 4.60. The van der Waals surface area contributed by atoms with Gasteiger partial charge in [-0.15, -0.1) is 17.0 Å². The molecule has 0 fully saturated rings. The van der Waals surface area contributed by atoms with Crippen LogP contribution in [-0.4, -0.2) is 19.7 Å². The predicted molar refractivity (Wildman–Crippen MR) is 80.7 cm³/mol. The van der Waals surface area contributed by atoms with E-state index in [2.05, 4.69) is 13.8 Å². The number of esters is 1. The maximum Gasteiger partial charge on any atom is 0.327 e. The van der Waals surface area contributed by atoms with Crippen molar-refractivity contribution in [3.63, 3.8) is 0 Å². The molecule has 0 saturated carbocycles. The minimum Gasteiger partial charge on any atom is -0.497 e. The van der Waals surface area contributed by atoms with Crippen LogP contribution in [0.1, 0.15) is 31.9 Å². The van der Waals surface area contributed by atoms with E-state index in [1.807, 2.05) is 0 Å². The molecule has 0 heterocycles. The fourth-order valence-electron chi connectivity index (χ4n) is 1.43. The highest BCUT2D eigenvalue weighted by molar-refractivity contribution is 8.93. The fraction of sp³-hybridized carbons (Fsp3) is 0.500. The molecule has 0 bridgehead atoms. The second kappa shape index (κ2) is 8.93. The molecule has 0 unspecified atom stereocenters. The van der Waals surface area contributed by atoms with Gasteiger partial charge in [0, 0.05) is 0 Å². The van der Waals surface area contributed by atoms with Crippen LogP contribution in [0.5, 0.6) is 5.75 Å². The van der Waals surface area contributed by atoms with E-state index in [0.29, 0.717) is 12.5 Å². The van der Waals surface area contributed by atoms with Gasteiger partial charge in [0.05, 0.1) is 13.7 Å². The third kappa shape index (κ3) is 6.07. The van der Waals surface area contributed by atoms with E-state index in [0.717, 1.165) is 17.7 Å². The van der Waals surface area contributed by atoms with Crippen molar-refractivity contribution in [2.45, 2.75) is 26.3 Å². The predicted octanol–water partition coefficient (Wildman–Crippen LogP) is 2.86. The van der Waals surface area contributed by atoms with Crippen LogP contribution in [0.15, 0.2) is 24.3 Å².